The summed E-state index contributed by atoms with van der Waals surface area (Å²) in [5.41, 5.74) is 2.72. The Balaban J connectivity index is 1.37. The molecule has 4 rings (SSSR count). The summed E-state index contributed by atoms with van der Waals surface area (Å²) in [4.78, 5) is 12.3. The number of amides is 2. The molecule has 2 amide bonds. The number of carbonyl (C=O) groups is 1. The van der Waals surface area contributed by atoms with Gasteiger partial charge in [-0.3, -0.25) is 0 Å². The molecule has 0 unspecified atom stereocenters. The van der Waals surface area contributed by atoms with Crippen molar-refractivity contribution in [3.05, 3.63) is 66.5 Å². The minimum Gasteiger partial charge on any atom is -0.493 e. The third-order valence-corrected chi connectivity index (χ3v) is 4.51. The van der Waals surface area contributed by atoms with Crippen LogP contribution in [0.1, 0.15) is 18.4 Å². The molecule has 2 atom stereocenters. The van der Waals surface area contributed by atoms with Crippen LogP contribution in [0.2, 0.25) is 0 Å². The maximum Gasteiger partial charge on any atom is 0.319 e. The highest BCUT2D eigenvalue weighted by Gasteiger charge is 2.29. The lowest BCUT2D eigenvalue weighted by Crippen LogP contribution is -2.40. The van der Waals surface area contributed by atoms with Gasteiger partial charge in [-0.25, -0.2) is 9.48 Å². The van der Waals surface area contributed by atoms with Crippen molar-refractivity contribution >= 4 is 11.7 Å². The number of benzene rings is 2. The molecule has 1 aromatic heterocycles. The topological polar surface area (TPSA) is 81.1 Å². The predicted octanol–water partition coefficient (Wildman–Crippen LogP) is 2.95. The zero-order valence-corrected chi connectivity index (χ0v) is 14.3. The average molecular weight is 349 g/mol. The fourth-order valence-corrected chi connectivity index (χ4v) is 3.12. The highest BCUT2D eigenvalue weighted by Crippen LogP contribution is 2.35. The highest BCUT2D eigenvalue weighted by molar-refractivity contribution is 5.89. The molecule has 0 aliphatic carbocycles. The first-order valence-corrected chi connectivity index (χ1v) is 8.47. The van der Waals surface area contributed by atoms with Gasteiger partial charge in [0.1, 0.15) is 5.75 Å². The number of rotatable bonds is 4. The monoisotopic (exact) mass is 349 g/mol. The van der Waals surface area contributed by atoms with Crippen molar-refractivity contribution in [3.63, 3.8) is 0 Å². The highest BCUT2D eigenvalue weighted by atomic mass is 16.5. The van der Waals surface area contributed by atoms with Crippen LogP contribution in [-0.2, 0) is 0 Å². The van der Waals surface area contributed by atoms with Crippen molar-refractivity contribution in [1.29, 1.82) is 0 Å². The van der Waals surface area contributed by atoms with Gasteiger partial charge in [0, 0.05) is 23.2 Å². The van der Waals surface area contributed by atoms with Crippen LogP contribution in [0.3, 0.4) is 0 Å². The summed E-state index contributed by atoms with van der Waals surface area (Å²) in [6, 6.07) is 15.1. The molecule has 0 radical (unpaired) electrons. The molecule has 7 heteroatoms. The number of hydrogen-bond donors (Lipinski definition) is 2. The first-order valence-electron chi connectivity index (χ1n) is 8.47. The number of ether oxygens (including phenoxy) is 1. The van der Waals surface area contributed by atoms with Gasteiger partial charge in [-0.05, 0) is 37.3 Å². The number of nitrogens with one attached hydrogen (secondary N) is 2. The fourth-order valence-electron chi connectivity index (χ4n) is 3.12. The number of fused-ring (bicyclic) bond motifs is 1. The van der Waals surface area contributed by atoms with E-state index in [-0.39, 0.29) is 18.0 Å². The Morgan fingerprint density at radius 1 is 1.23 bits per heavy atom. The van der Waals surface area contributed by atoms with Crippen LogP contribution in [0.5, 0.6) is 5.75 Å². The molecule has 1 aliphatic rings. The Morgan fingerprint density at radius 3 is 2.81 bits per heavy atom. The van der Waals surface area contributed by atoms with Crippen molar-refractivity contribution in [3.8, 4) is 11.4 Å². The molecule has 0 saturated carbocycles. The molecule has 7 nitrogen and oxygen atoms in total. The van der Waals surface area contributed by atoms with E-state index in [1.54, 1.807) is 17.1 Å². The zero-order chi connectivity index (χ0) is 17.9. The van der Waals surface area contributed by atoms with E-state index in [4.69, 9.17) is 4.74 Å². The molecule has 2 heterocycles. The minimum atomic E-state index is -0.240. The minimum absolute atomic E-state index is 0.0481. The lowest BCUT2D eigenvalue weighted by molar-refractivity contribution is 0.244. The molecule has 0 bridgehead atoms. The molecule has 3 aromatic rings. The number of urea groups is 1. The standard InChI is InChI=1S/C19H19N5O2/c1-13(17-12-26-18-5-3-2-4-16(17)18)21-19(25)22-14-6-8-15(9-7-14)24-11-10-20-23-24/h2-11,13,17H,12H2,1H3,(H2,21,22,25)/t13-,17-/m1/s1. The summed E-state index contributed by atoms with van der Waals surface area (Å²) in [5.74, 6) is 1.04. The molecule has 2 N–H and O–H groups in total. The van der Waals surface area contributed by atoms with E-state index in [9.17, 15) is 4.79 Å². The summed E-state index contributed by atoms with van der Waals surface area (Å²) in [5, 5.41) is 13.6. The van der Waals surface area contributed by atoms with E-state index < -0.39 is 0 Å². The fraction of sp³-hybridized carbons (Fsp3) is 0.211. The number of aromatic nitrogens is 3. The summed E-state index contributed by atoms with van der Waals surface area (Å²) in [6.07, 6.45) is 3.38. The van der Waals surface area contributed by atoms with E-state index in [0.29, 0.717) is 12.3 Å². The number of nitrogens with zero attached hydrogens (tertiary/aromatic N) is 3. The maximum atomic E-state index is 12.3. The Labute approximate surface area is 151 Å². The molecular formula is C19H19N5O2. The lowest BCUT2D eigenvalue weighted by atomic mass is 9.94. The smallest absolute Gasteiger partial charge is 0.319 e. The van der Waals surface area contributed by atoms with Gasteiger partial charge in [0.2, 0.25) is 0 Å². The number of para-hydroxylation sites is 1. The molecule has 2 aromatic carbocycles. The Hall–Kier alpha value is -3.35. The molecule has 26 heavy (non-hydrogen) atoms. The van der Waals surface area contributed by atoms with Crippen LogP contribution in [0.25, 0.3) is 5.69 Å². The largest absolute Gasteiger partial charge is 0.493 e. The molecule has 0 saturated heterocycles. The molecule has 132 valence electrons. The molecule has 0 spiro atoms. The SMILES string of the molecule is C[C@@H](NC(=O)Nc1ccc(-n2ccnn2)cc1)[C@H]1COc2ccccc21. The summed E-state index contributed by atoms with van der Waals surface area (Å²) in [7, 11) is 0. The van der Waals surface area contributed by atoms with Crippen molar-refractivity contribution in [2.24, 2.45) is 0 Å². The Kier molecular flexibility index (Phi) is 4.27. The van der Waals surface area contributed by atoms with E-state index in [1.165, 1.54) is 0 Å². The van der Waals surface area contributed by atoms with Crippen LogP contribution in [0, 0.1) is 0 Å². The third-order valence-electron chi connectivity index (χ3n) is 4.51. The second-order valence-electron chi connectivity index (χ2n) is 6.24. The van der Waals surface area contributed by atoms with E-state index in [0.717, 1.165) is 17.0 Å². The van der Waals surface area contributed by atoms with Crippen molar-refractivity contribution in [1.82, 2.24) is 20.3 Å². The van der Waals surface area contributed by atoms with Gasteiger partial charge < -0.3 is 15.4 Å². The van der Waals surface area contributed by atoms with E-state index >= 15 is 0 Å². The van der Waals surface area contributed by atoms with Gasteiger partial charge in [-0.1, -0.05) is 23.4 Å². The quantitative estimate of drug-likeness (QED) is 0.759. The van der Waals surface area contributed by atoms with Crippen molar-refractivity contribution < 1.29 is 9.53 Å². The van der Waals surface area contributed by atoms with Crippen LogP contribution >= 0.6 is 0 Å². The average Bonchev–Trinajstić information content (AvgIpc) is 3.32. The maximum absolute atomic E-state index is 12.3. The first kappa shape index (κ1) is 16.1. The van der Waals surface area contributed by atoms with Gasteiger partial charge in [-0.2, -0.15) is 0 Å². The first-order chi connectivity index (χ1) is 12.7. The Bertz CT molecular complexity index is 893. The molecule has 1 aliphatic heterocycles. The lowest BCUT2D eigenvalue weighted by Gasteiger charge is -2.20. The van der Waals surface area contributed by atoms with Crippen LogP contribution in [0.4, 0.5) is 10.5 Å². The number of carbonyl (C=O) groups excluding carboxylic acids is 1. The Morgan fingerprint density at radius 2 is 2.04 bits per heavy atom. The van der Waals surface area contributed by atoms with Gasteiger partial charge in [-0.15, -0.1) is 5.10 Å². The number of anilines is 1. The molecular weight excluding hydrogens is 330 g/mol. The van der Waals surface area contributed by atoms with Crippen LogP contribution < -0.4 is 15.4 Å². The van der Waals surface area contributed by atoms with Gasteiger partial charge in [0.25, 0.3) is 0 Å². The summed E-state index contributed by atoms with van der Waals surface area (Å²) in [6.45, 7) is 2.57. The van der Waals surface area contributed by atoms with Gasteiger partial charge >= 0.3 is 6.03 Å². The van der Waals surface area contributed by atoms with E-state index in [1.807, 2.05) is 55.5 Å². The summed E-state index contributed by atoms with van der Waals surface area (Å²) >= 11 is 0. The predicted molar refractivity (Wildman–Crippen MR) is 97.7 cm³/mol. The van der Waals surface area contributed by atoms with Gasteiger partial charge in [0.05, 0.1) is 24.7 Å². The normalized spacial score (nSPS) is 16.4. The third kappa shape index (κ3) is 3.23. The van der Waals surface area contributed by atoms with Crippen molar-refractivity contribution in [2.45, 2.75) is 18.9 Å². The zero-order valence-electron chi connectivity index (χ0n) is 14.3. The number of hydrogen-bond acceptors (Lipinski definition) is 4. The second-order valence-corrected chi connectivity index (χ2v) is 6.24. The second kappa shape index (κ2) is 6.87. The summed E-state index contributed by atoms with van der Waals surface area (Å²) < 4.78 is 7.35. The van der Waals surface area contributed by atoms with Crippen LogP contribution in [0.15, 0.2) is 60.9 Å². The van der Waals surface area contributed by atoms with Crippen LogP contribution in [-0.4, -0.2) is 33.7 Å². The van der Waals surface area contributed by atoms with E-state index in [2.05, 4.69) is 20.9 Å². The van der Waals surface area contributed by atoms with Gasteiger partial charge in [0.15, 0.2) is 0 Å². The van der Waals surface area contributed by atoms with Crippen molar-refractivity contribution in [2.75, 3.05) is 11.9 Å². The molecule has 0 fully saturated rings.